The SMILES string of the molecule is CC(=O)N[C@H]1[C@H](O[C@H]2[C@@H](O)[C@@H](CO)O[C@@H](O[C@@H]3[C@H](O)[C@@H](O)[C@H](OCC[Si](C)(C)C)O[C@@H]3CO)[C@@H]2O)O[C@H](CO)[C@@H](O)[C@@H]1O. The van der Waals surface area contributed by atoms with Gasteiger partial charge in [0.1, 0.15) is 73.2 Å². The third kappa shape index (κ3) is 8.88. The van der Waals surface area contributed by atoms with Gasteiger partial charge in [-0.1, -0.05) is 19.6 Å². The van der Waals surface area contributed by atoms with Crippen molar-refractivity contribution in [2.75, 3.05) is 26.4 Å². The van der Waals surface area contributed by atoms with Crippen molar-refractivity contribution in [3.05, 3.63) is 0 Å². The van der Waals surface area contributed by atoms with E-state index in [4.69, 9.17) is 28.4 Å². The van der Waals surface area contributed by atoms with Crippen LogP contribution >= 0.6 is 0 Å². The predicted octanol–water partition coefficient (Wildman–Crippen LogP) is -5.07. The van der Waals surface area contributed by atoms with E-state index in [1.807, 2.05) is 0 Å². The molecule has 17 nitrogen and oxygen atoms in total. The molecule has 15 atom stereocenters. The molecule has 0 aliphatic carbocycles. The van der Waals surface area contributed by atoms with Gasteiger partial charge in [0.05, 0.1) is 19.8 Å². The van der Waals surface area contributed by atoms with Gasteiger partial charge in [-0.3, -0.25) is 4.79 Å². The first-order valence-electron chi connectivity index (χ1n) is 14.2. The number of ether oxygens (including phenoxy) is 6. The van der Waals surface area contributed by atoms with Gasteiger partial charge in [0.2, 0.25) is 5.91 Å². The van der Waals surface area contributed by atoms with Gasteiger partial charge in [-0.05, 0) is 6.04 Å². The fraction of sp³-hybridized carbons (Fsp3) is 0.960. The molecule has 0 bridgehead atoms. The molecule has 3 fully saturated rings. The molecule has 3 rings (SSSR count). The van der Waals surface area contributed by atoms with Gasteiger partial charge in [0.15, 0.2) is 18.9 Å². The lowest BCUT2D eigenvalue weighted by molar-refractivity contribution is -0.375. The molecule has 1 amide bonds. The number of aliphatic hydroxyl groups excluding tert-OH is 9. The first-order chi connectivity index (χ1) is 20.1. The summed E-state index contributed by atoms with van der Waals surface area (Å²) in [4.78, 5) is 11.8. The Morgan fingerprint density at radius 3 is 1.77 bits per heavy atom. The van der Waals surface area contributed by atoms with Crippen molar-refractivity contribution in [3.63, 3.8) is 0 Å². The van der Waals surface area contributed by atoms with Crippen LogP contribution in [-0.2, 0) is 33.2 Å². The van der Waals surface area contributed by atoms with E-state index in [0.29, 0.717) is 0 Å². The van der Waals surface area contributed by atoms with E-state index in [-0.39, 0.29) is 6.61 Å². The molecular weight excluding hydrogens is 598 g/mol. The third-order valence-corrected chi connectivity index (χ3v) is 9.31. The number of aliphatic hydroxyl groups is 9. The van der Waals surface area contributed by atoms with Crippen molar-refractivity contribution < 1.29 is 79.2 Å². The summed E-state index contributed by atoms with van der Waals surface area (Å²) in [7, 11) is -1.49. The molecule has 10 N–H and O–H groups in total. The van der Waals surface area contributed by atoms with E-state index < -0.39 is 126 Å². The molecule has 43 heavy (non-hydrogen) atoms. The number of nitrogens with one attached hydrogen (secondary N) is 1. The zero-order chi connectivity index (χ0) is 32.2. The van der Waals surface area contributed by atoms with Crippen molar-refractivity contribution in [2.45, 2.75) is 125 Å². The van der Waals surface area contributed by atoms with Crippen molar-refractivity contribution >= 4 is 14.0 Å². The number of rotatable bonds is 12. The topological polar surface area (TPSA) is 267 Å². The Labute approximate surface area is 249 Å². The maximum Gasteiger partial charge on any atom is 0.217 e. The van der Waals surface area contributed by atoms with Crippen LogP contribution in [0.5, 0.6) is 0 Å². The highest BCUT2D eigenvalue weighted by Crippen LogP contribution is 2.33. The highest BCUT2D eigenvalue weighted by atomic mass is 28.3. The van der Waals surface area contributed by atoms with Crippen molar-refractivity contribution in [2.24, 2.45) is 0 Å². The lowest BCUT2D eigenvalue weighted by Crippen LogP contribution is -2.68. The van der Waals surface area contributed by atoms with Gasteiger partial charge in [-0.15, -0.1) is 0 Å². The third-order valence-electron chi connectivity index (χ3n) is 7.61. The Morgan fingerprint density at radius 1 is 0.674 bits per heavy atom. The van der Waals surface area contributed by atoms with Crippen molar-refractivity contribution in [1.29, 1.82) is 0 Å². The molecule has 0 spiro atoms. The smallest absolute Gasteiger partial charge is 0.217 e. The van der Waals surface area contributed by atoms with Crippen LogP contribution in [0.1, 0.15) is 6.92 Å². The average molecular weight is 646 g/mol. The standard InChI is InChI=1S/C25H47NO16Si/c1-10(30)26-14-17(33)15(31)11(7-27)38-23(14)42-22-16(32)12(8-28)39-25(20(22)36)41-21-13(9-29)40-24(19(35)18(21)34)37-5-6-43(2,3)4/h11-25,27-29,31-36H,5-9H2,1-4H3,(H,26,30)/t11-,12-,13-,14-,15-,16+,17-,18-,19-,20-,21+,22+,23+,24-,25+/m1/s1. The summed E-state index contributed by atoms with van der Waals surface area (Å²) in [5.74, 6) is -0.638. The van der Waals surface area contributed by atoms with Crippen LogP contribution < -0.4 is 5.32 Å². The number of hydrogen-bond donors (Lipinski definition) is 10. The summed E-state index contributed by atoms with van der Waals surface area (Å²) in [6.07, 6.45) is -22.1. The van der Waals surface area contributed by atoms with Crippen LogP contribution in [0.3, 0.4) is 0 Å². The fourth-order valence-electron chi connectivity index (χ4n) is 5.06. The largest absolute Gasteiger partial charge is 0.394 e. The maximum absolute atomic E-state index is 11.8. The second kappa shape index (κ2) is 15.6. The lowest BCUT2D eigenvalue weighted by atomic mass is 9.95. The molecule has 0 saturated carbocycles. The van der Waals surface area contributed by atoms with Gasteiger partial charge in [0.25, 0.3) is 0 Å². The maximum atomic E-state index is 11.8. The van der Waals surface area contributed by atoms with Crippen LogP contribution in [0, 0.1) is 0 Å². The summed E-state index contributed by atoms with van der Waals surface area (Å²) in [6.45, 7) is 5.54. The van der Waals surface area contributed by atoms with Gasteiger partial charge >= 0.3 is 0 Å². The molecule has 3 saturated heterocycles. The summed E-state index contributed by atoms with van der Waals surface area (Å²) >= 11 is 0. The van der Waals surface area contributed by atoms with Crippen LogP contribution in [0.4, 0.5) is 0 Å². The Morgan fingerprint density at radius 2 is 1.21 bits per heavy atom. The highest BCUT2D eigenvalue weighted by Gasteiger charge is 2.54. The van der Waals surface area contributed by atoms with Crippen molar-refractivity contribution in [3.8, 4) is 0 Å². The monoisotopic (exact) mass is 645 g/mol. The van der Waals surface area contributed by atoms with E-state index in [0.717, 1.165) is 13.0 Å². The summed E-state index contributed by atoms with van der Waals surface area (Å²) in [5, 5.41) is 96.1. The predicted molar refractivity (Wildman–Crippen MR) is 145 cm³/mol. The van der Waals surface area contributed by atoms with Crippen molar-refractivity contribution in [1.82, 2.24) is 5.32 Å². The Kier molecular flexibility index (Phi) is 13.2. The Bertz CT molecular complexity index is 881. The molecule has 0 aromatic carbocycles. The molecule has 3 aliphatic heterocycles. The van der Waals surface area contributed by atoms with Crippen LogP contribution in [-0.4, -0.2) is 178 Å². The van der Waals surface area contributed by atoms with E-state index in [2.05, 4.69) is 25.0 Å². The average Bonchev–Trinajstić information content (AvgIpc) is 2.94. The van der Waals surface area contributed by atoms with Crippen LogP contribution in [0.2, 0.25) is 25.7 Å². The van der Waals surface area contributed by atoms with Crippen LogP contribution in [0.25, 0.3) is 0 Å². The number of hydrogen-bond acceptors (Lipinski definition) is 16. The molecule has 3 aliphatic rings. The zero-order valence-corrected chi connectivity index (χ0v) is 25.6. The minimum absolute atomic E-state index is 0.249. The molecule has 0 aromatic heterocycles. The number of carbonyl (C=O) groups excluding carboxylic acids is 1. The molecular formula is C25H47NO16Si. The summed E-state index contributed by atoms with van der Waals surface area (Å²) in [5.41, 5.74) is 0. The Balaban J connectivity index is 1.78. The molecule has 0 radical (unpaired) electrons. The van der Waals surface area contributed by atoms with E-state index in [1.54, 1.807) is 0 Å². The minimum Gasteiger partial charge on any atom is -0.394 e. The van der Waals surface area contributed by atoms with Crippen LogP contribution in [0.15, 0.2) is 0 Å². The van der Waals surface area contributed by atoms with Gasteiger partial charge in [-0.2, -0.15) is 0 Å². The summed E-state index contributed by atoms with van der Waals surface area (Å²) < 4.78 is 33.8. The molecule has 0 unspecified atom stereocenters. The van der Waals surface area contributed by atoms with Gasteiger partial charge < -0.3 is 79.7 Å². The highest BCUT2D eigenvalue weighted by molar-refractivity contribution is 6.76. The van der Waals surface area contributed by atoms with Gasteiger partial charge in [-0.25, -0.2) is 0 Å². The molecule has 252 valence electrons. The number of carbonyl (C=O) groups is 1. The normalized spacial score (nSPS) is 44.3. The second-order valence-corrected chi connectivity index (χ2v) is 17.9. The van der Waals surface area contributed by atoms with E-state index >= 15 is 0 Å². The van der Waals surface area contributed by atoms with E-state index in [1.165, 1.54) is 0 Å². The molecule has 0 aromatic rings. The minimum atomic E-state index is -1.88. The molecule has 3 heterocycles. The van der Waals surface area contributed by atoms with E-state index in [9.17, 15) is 50.8 Å². The second-order valence-electron chi connectivity index (χ2n) is 12.2. The first-order valence-corrected chi connectivity index (χ1v) is 17.9. The lowest BCUT2D eigenvalue weighted by Gasteiger charge is -2.48. The zero-order valence-electron chi connectivity index (χ0n) is 24.6. The Hall–Kier alpha value is -0.913. The quantitative estimate of drug-likeness (QED) is 0.0890. The fourth-order valence-corrected chi connectivity index (χ4v) is 5.79. The molecule has 18 heteroatoms. The van der Waals surface area contributed by atoms with Gasteiger partial charge in [0, 0.05) is 21.6 Å². The summed E-state index contributed by atoms with van der Waals surface area (Å²) in [6, 6.07) is -0.666. The first kappa shape index (κ1) is 36.6. The number of amides is 1.